The molecule has 0 radical (unpaired) electrons. The Kier molecular flexibility index (Phi) is 3.80. The molecule has 0 aliphatic carbocycles. The van der Waals surface area contributed by atoms with Gasteiger partial charge in [0.1, 0.15) is 0 Å². The first-order valence-electron chi connectivity index (χ1n) is 6.88. The number of amides is 1. The highest BCUT2D eigenvalue weighted by Crippen LogP contribution is 2.18. The number of aromatic nitrogens is 1. The standard InChI is InChI=1S/C18H13N3O/c19-10-13-4-3-6-16(8-13)21-18(22)9-15-12-20-11-14-5-1-2-7-17(14)15/h1-8,11-12H,9H2,(H,21,22). The minimum absolute atomic E-state index is 0.131. The molecule has 22 heavy (non-hydrogen) atoms. The van der Waals surface area contributed by atoms with Crippen LogP contribution in [0.5, 0.6) is 0 Å². The summed E-state index contributed by atoms with van der Waals surface area (Å²) in [5, 5.41) is 13.7. The first-order chi connectivity index (χ1) is 10.8. The lowest BCUT2D eigenvalue weighted by molar-refractivity contribution is -0.115. The summed E-state index contributed by atoms with van der Waals surface area (Å²) in [4.78, 5) is 16.4. The second-order valence-electron chi connectivity index (χ2n) is 4.94. The number of nitrogens with one attached hydrogen (secondary N) is 1. The maximum atomic E-state index is 12.2. The van der Waals surface area contributed by atoms with Crippen molar-refractivity contribution in [3.05, 3.63) is 72.1 Å². The smallest absolute Gasteiger partial charge is 0.228 e. The van der Waals surface area contributed by atoms with Crippen molar-refractivity contribution >= 4 is 22.4 Å². The molecule has 0 aliphatic rings. The molecule has 3 rings (SSSR count). The average Bonchev–Trinajstić information content (AvgIpc) is 2.55. The van der Waals surface area contributed by atoms with E-state index in [9.17, 15) is 4.79 Å². The fourth-order valence-corrected chi connectivity index (χ4v) is 2.36. The summed E-state index contributed by atoms with van der Waals surface area (Å²) in [5.74, 6) is -0.131. The summed E-state index contributed by atoms with van der Waals surface area (Å²) in [7, 11) is 0. The molecule has 0 atom stereocenters. The van der Waals surface area contributed by atoms with Gasteiger partial charge in [-0.05, 0) is 29.1 Å². The van der Waals surface area contributed by atoms with E-state index in [4.69, 9.17) is 5.26 Å². The molecule has 4 heteroatoms. The van der Waals surface area contributed by atoms with Crippen LogP contribution in [0.3, 0.4) is 0 Å². The Labute approximate surface area is 128 Å². The van der Waals surface area contributed by atoms with Gasteiger partial charge in [-0.1, -0.05) is 30.3 Å². The van der Waals surface area contributed by atoms with E-state index >= 15 is 0 Å². The van der Waals surface area contributed by atoms with E-state index in [1.54, 1.807) is 36.7 Å². The lowest BCUT2D eigenvalue weighted by atomic mass is 10.1. The van der Waals surface area contributed by atoms with Crippen molar-refractivity contribution < 1.29 is 4.79 Å². The van der Waals surface area contributed by atoms with Gasteiger partial charge >= 0.3 is 0 Å². The number of rotatable bonds is 3. The second kappa shape index (κ2) is 6.06. The van der Waals surface area contributed by atoms with Crippen molar-refractivity contribution in [2.24, 2.45) is 0 Å². The van der Waals surface area contributed by atoms with Crippen LogP contribution in [0.1, 0.15) is 11.1 Å². The summed E-state index contributed by atoms with van der Waals surface area (Å²) < 4.78 is 0. The predicted octanol–water partition coefficient (Wildman–Crippen LogP) is 3.29. The zero-order chi connectivity index (χ0) is 15.4. The summed E-state index contributed by atoms with van der Waals surface area (Å²) in [6.45, 7) is 0. The predicted molar refractivity (Wildman–Crippen MR) is 85.2 cm³/mol. The molecule has 0 aliphatic heterocycles. The number of carbonyl (C=O) groups excluding carboxylic acids is 1. The summed E-state index contributed by atoms with van der Waals surface area (Å²) in [6.07, 6.45) is 3.74. The second-order valence-corrected chi connectivity index (χ2v) is 4.94. The lowest BCUT2D eigenvalue weighted by Gasteiger charge is -2.07. The normalized spacial score (nSPS) is 10.1. The first kappa shape index (κ1) is 13.8. The third kappa shape index (κ3) is 2.94. The molecule has 4 nitrogen and oxygen atoms in total. The van der Waals surface area contributed by atoms with Gasteiger partial charge in [0.25, 0.3) is 0 Å². The number of hydrogen-bond donors (Lipinski definition) is 1. The van der Waals surface area contributed by atoms with E-state index in [1.807, 2.05) is 24.3 Å². The molecule has 1 aromatic heterocycles. The minimum Gasteiger partial charge on any atom is -0.326 e. The van der Waals surface area contributed by atoms with Gasteiger partial charge in [-0.2, -0.15) is 5.26 Å². The van der Waals surface area contributed by atoms with Crippen molar-refractivity contribution in [3.8, 4) is 6.07 Å². The van der Waals surface area contributed by atoms with Gasteiger partial charge in [0.2, 0.25) is 5.91 Å². The number of anilines is 1. The van der Waals surface area contributed by atoms with Gasteiger partial charge in [0.05, 0.1) is 18.1 Å². The Morgan fingerprint density at radius 2 is 2.00 bits per heavy atom. The third-order valence-electron chi connectivity index (χ3n) is 3.38. The number of nitriles is 1. The number of hydrogen-bond acceptors (Lipinski definition) is 3. The van der Waals surface area contributed by atoms with Crippen LogP contribution in [0.25, 0.3) is 10.8 Å². The van der Waals surface area contributed by atoms with Crippen LogP contribution in [-0.2, 0) is 11.2 Å². The van der Waals surface area contributed by atoms with Crippen LogP contribution in [0.15, 0.2) is 60.9 Å². The van der Waals surface area contributed by atoms with Crippen molar-refractivity contribution in [1.29, 1.82) is 5.26 Å². The number of fused-ring (bicyclic) bond motifs is 1. The Balaban J connectivity index is 1.80. The molecule has 0 fully saturated rings. The molecule has 1 N–H and O–H groups in total. The van der Waals surface area contributed by atoms with E-state index in [2.05, 4.69) is 16.4 Å². The molecule has 0 unspecified atom stereocenters. The molecule has 1 amide bonds. The quantitative estimate of drug-likeness (QED) is 0.803. The third-order valence-corrected chi connectivity index (χ3v) is 3.38. The van der Waals surface area contributed by atoms with E-state index in [0.29, 0.717) is 11.3 Å². The highest BCUT2D eigenvalue weighted by molar-refractivity contribution is 5.95. The average molecular weight is 287 g/mol. The van der Waals surface area contributed by atoms with Gasteiger partial charge in [-0.3, -0.25) is 9.78 Å². The maximum Gasteiger partial charge on any atom is 0.228 e. The fraction of sp³-hybridized carbons (Fsp3) is 0.0556. The first-order valence-corrected chi connectivity index (χ1v) is 6.88. The van der Waals surface area contributed by atoms with E-state index in [-0.39, 0.29) is 12.3 Å². The minimum atomic E-state index is -0.131. The van der Waals surface area contributed by atoms with E-state index in [0.717, 1.165) is 16.3 Å². The molecule has 2 aromatic carbocycles. The van der Waals surface area contributed by atoms with Crippen LogP contribution in [0.4, 0.5) is 5.69 Å². The molecule has 0 spiro atoms. The summed E-state index contributed by atoms with van der Waals surface area (Å²) in [6, 6.07) is 16.8. The zero-order valence-corrected chi connectivity index (χ0v) is 11.8. The van der Waals surface area contributed by atoms with Crippen LogP contribution in [0, 0.1) is 11.3 Å². The molecule has 3 aromatic rings. The Bertz CT molecular complexity index is 875. The fourth-order valence-electron chi connectivity index (χ4n) is 2.36. The highest BCUT2D eigenvalue weighted by atomic mass is 16.1. The Morgan fingerprint density at radius 3 is 2.86 bits per heavy atom. The SMILES string of the molecule is N#Cc1cccc(NC(=O)Cc2cncc3ccccc23)c1. The van der Waals surface area contributed by atoms with Crippen molar-refractivity contribution in [2.45, 2.75) is 6.42 Å². The van der Waals surface area contributed by atoms with Crippen molar-refractivity contribution in [2.75, 3.05) is 5.32 Å². The summed E-state index contributed by atoms with van der Waals surface area (Å²) in [5.41, 5.74) is 2.02. The molecular formula is C18H13N3O. The van der Waals surface area contributed by atoms with E-state index in [1.165, 1.54) is 0 Å². The van der Waals surface area contributed by atoms with Crippen LogP contribution in [-0.4, -0.2) is 10.9 Å². The van der Waals surface area contributed by atoms with Crippen LogP contribution in [0.2, 0.25) is 0 Å². The number of carbonyl (C=O) groups is 1. The highest BCUT2D eigenvalue weighted by Gasteiger charge is 2.08. The van der Waals surface area contributed by atoms with Gasteiger partial charge in [-0.25, -0.2) is 0 Å². The Morgan fingerprint density at radius 1 is 1.14 bits per heavy atom. The monoisotopic (exact) mass is 287 g/mol. The van der Waals surface area contributed by atoms with Crippen molar-refractivity contribution in [3.63, 3.8) is 0 Å². The van der Waals surface area contributed by atoms with Crippen molar-refractivity contribution in [1.82, 2.24) is 4.98 Å². The molecular weight excluding hydrogens is 274 g/mol. The molecule has 0 bridgehead atoms. The molecule has 1 heterocycles. The van der Waals surface area contributed by atoms with Gasteiger partial charge < -0.3 is 5.32 Å². The lowest BCUT2D eigenvalue weighted by Crippen LogP contribution is -2.14. The van der Waals surface area contributed by atoms with Gasteiger partial charge in [0, 0.05) is 23.5 Å². The van der Waals surface area contributed by atoms with E-state index < -0.39 is 0 Å². The molecule has 0 saturated carbocycles. The number of nitrogens with zero attached hydrogens (tertiary/aromatic N) is 2. The largest absolute Gasteiger partial charge is 0.326 e. The molecule has 106 valence electrons. The maximum absolute atomic E-state index is 12.2. The Hall–Kier alpha value is -3.19. The summed E-state index contributed by atoms with van der Waals surface area (Å²) >= 11 is 0. The van der Waals surface area contributed by atoms with Gasteiger partial charge in [-0.15, -0.1) is 0 Å². The van der Waals surface area contributed by atoms with Gasteiger partial charge in [0.15, 0.2) is 0 Å². The molecule has 0 saturated heterocycles. The topological polar surface area (TPSA) is 65.8 Å². The number of benzene rings is 2. The zero-order valence-electron chi connectivity index (χ0n) is 11.8. The number of pyridine rings is 1. The van der Waals surface area contributed by atoms with Crippen LogP contribution < -0.4 is 5.32 Å². The van der Waals surface area contributed by atoms with Crippen LogP contribution >= 0.6 is 0 Å².